The van der Waals surface area contributed by atoms with Crippen LogP contribution in [0.25, 0.3) is 6.08 Å². The zero-order valence-electron chi connectivity index (χ0n) is 9.95. The number of methoxy groups -OCH3 is 1. The maximum absolute atomic E-state index is 11.2. The Morgan fingerprint density at radius 2 is 2.29 bits per heavy atom. The van der Waals surface area contributed by atoms with Gasteiger partial charge in [0.25, 0.3) is 0 Å². The number of amides is 1. The van der Waals surface area contributed by atoms with Crippen molar-refractivity contribution in [2.24, 2.45) is 0 Å². The van der Waals surface area contributed by atoms with E-state index in [2.05, 4.69) is 15.0 Å². The van der Waals surface area contributed by atoms with Crippen LogP contribution in [0.5, 0.6) is 0 Å². The molecular formula is C12H16N2O3. The Labute approximate surface area is 99.9 Å². The molecule has 0 aromatic carbocycles. The molecule has 5 nitrogen and oxygen atoms in total. The number of nitrogens with one attached hydrogen (secondary N) is 2. The van der Waals surface area contributed by atoms with Crippen molar-refractivity contribution in [2.75, 3.05) is 13.7 Å². The molecule has 0 aliphatic heterocycles. The van der Waals surface area contributed by atoms with Crippen LogP contribution in [0.1, 0.15) is 29.4 Å². The lowest BCUT2D eigenvalue weighted by atomic mass is 10.2. The van der Waals surface area contributed by atoms with E-state index in [9.17, 15) is 9.59 Å². The van der Waals surface area contributed by atoms with Gasteiger partial charge in [0.05, 0.1) is 7.11 Å². The first-order valence-electron chi connectivity index (χ1n) is 5.31. The number of aromatic amines is 1. The molecule has 1 rings (SSSR count). The van der Waals surface area contributed by atoms with Gasteiger partial charge in [0.1, 0.15) is 5.69 Å². The summed E-state index contributed by atoms with van der Waals surface area (Å²) in [7, 11) is 1.34. The van der Waals surface area contributed by atoms with Gasteiger partial charge in [-0.2, -0.15) is 0 Å². The fourth-order valence-corrected chi connectivity index (χ4v) is 1.29. The lowest BCUT2D eigenvalue weighted by Crippen LogP contribution is -2.20. The fraction of sp³-hybridized carbons (Fsp3) is 0.333. The Hall–Kier alpha value is -2.04. The van der Waals surface area contributed by atoms with Gasteiger partial charge in [0.2, 0.25) is 5.91 Å². The Bertz CT molecular complexity index is 421. The van der Waals surface area contributed by atoms with E-state index in [4.69, 9.17) is 0 Å². The highest BCUT2D eigenvalue weighted by Gasteiger charge is 2.06. The van der Waals surface area contributed by atoms with Crippen LogP contribution in [0, 0.1) is 0 Å². The third-order valence-electron chi connectivity index (χ3n) is 2.11. The molecule has 0 unspecified atom stereocenters. The second-order valence-electron chi connectivity index (χ2n) is 3.51. The topological polar surface area (TPSA) is 71.2 Å². The molecule has 17 heavy (non-hydrogen) atoms. The van der Waals surface area contributed by atoms with E-state index in [0.29, 0.717) is 12.2 Å². The van der Waals surface area contributed by atoms with Crippen LogP contribution in [0.15, 0.2) is 18.3 Å². The van der Waals surface area contributed by atoms with Crippen LogP contribution < -0.4 is 5.32 Å². The van der Waals surface area contributed by atoms with Gasteiger partial charge < -0.3 is 15.0 Å². The zero-order chi connectivity index (χ0) is 12.7. The molecule has 0 aliphatic rings. The smallest absolute Gasteiger partial charge is 0.354 e. The molecule has 1 amide bonds. The summed E-state index contributed by atoms with van der Waals surface area (Å²) < 4.78 is 4.58. The van der Waals surface area contributed by atoms with Crippen molar-refractivity contribution in [1.82, 2.24) is 10.3 Å². The second kappa shape index (κ2) is 6.52. The van der Waals surface area contributed by atoms with Crippen molar-refractivity contribution in [3.8, 4) is 0 Å². The molecule has 0 aliphatic carbocycles. The van der Waals surface area contributed by atoms with E-state index in [-0.39, 0.29) is 11.9 Å². The van der Waals surface area contributed by atoms with E-state index in [1.54, 1.807) is 12.3 Å². The maximum Gasteiger partial charge on any atom is 0.354 e. The molecule has 0 spiro atoms. The SMILES string of the molecule is COC(=O)c1cc(C=CCCNC(C)=O)c[nH]1. The van der Waals surface area contributed by atoms with Gasteiger partial charge in [0.15, 0.2) is 0 Å². The van der Waals surface area contributed by atoms with Crippen molar-refractivity contribution >= 4 is 18.0 Å². The van der Waals surface area contributed by atoms with Gasteiger partial charge in [-0.05, 0) is 18.1 Å². The highest BCUT2D eigenvalue weighted by atomic mass is 16.5. The number of hydrogen-bond acceptors (Lipinski definition) is 3. The standard InChI is InChI=1S/C12H16N2O3/c1-9(15)13-6-4-3-5-10-7-11(14-8-10)12(16)17-2/h3,5,7-8,14H,4,6H2,1-2H3,(H,13,15). The number of carbonyl (C=O) groups is 2. The minimum Gasteiger partial charge on any atom is -0.464 e. The van der Waals surface area contributed by atoms with Crippen molar-refractivity contribution in [1.29, 1.82) is 0 Å². The van der Waals surface area contributed by atoms with E-state index < -0.39 is 0 Å². The molecule has 0 fully saturated rings. The lowest BCUT2D eigenvalue weighted by Gasteiger charge is -1.96. The average molecular weight is 236 g/mol. The van der Waals surface area contributed by atoms with Crippen molar-refractivity contribution in [3.05, 3.63) is 29.6 Å². The molecule has 5 heteroatoms. The Morgan fingerprint density at radius 1 is 1.53 bits per heavy atom. The molecule has 92 valence electrons. The van der Waals surface area contributed by atoms with Crippen LogP contribution in [-0.4, -0.2) is 30.5 Å². The largest absolute Gasteiger partial charge is 0.464 e. The first-order chi connectivity index (χ1) is 8.13. The van der Waals surface area contributed by atoms with Gasteiger partial charge >= 0.3 is 5.97 Å². The van der Waals surface area contributed by atoms with E-state index in [1.165, 1.54) is 14.0 Å². The minimum atomic E-state index is -0.386. The number of aromatic nitrogens is 1. The summed E-state index contributed by atoms with van der Waals surface area (Å²) in [6, 6.07) is 1.71. The number of hydrogen-bond donors (Lipinski definition) is 2. The number of rotatable bonds is 5. The Balaban J connectivity index is 2.41. The molecule has 0 radical (unpaired) electrons. The third-order valence-corrected chi connectivity index (χ3v) is 2.11. The Morgan fingerprint density at radius 3 is 2.94 bits per heavy atom. The van der Waals surface area contributed by atoms with Crippen molar-refractivity contribution < 1.29 is 14.3 Å². The maximum atomic E-state index is 11.2. The highest BCUT2D eigenvalue weighted by molar-refractivity contribution is 5.88. The lowest BCUT2D eigenvalue weighted by molar-refractivity contribution is -0.118. The molecule has 1 aromatic rings. The minimum absolute atomic E-state index is 0.0342. The van der Waals surface area contributed by atoms with Crippen LogP contribution in [0.3, 0.4) is 0 Å². The quantitative estimate of drug-likeness (QED) is 0.598. The summed E-state index contributed by atoms with van der Waals surface area (Å²) in [5.74, 6) is -0.420. The molecule has 1 aromatic heterocycles. The van der Waals surface area contributed by atoms with E-state index >= 15 is 0 Å². The molecule has 2 N–H and O–H groups in total. The number of esters is 1. The predicted molar refractivity (Wildman–Crippen MR) is 64.5 cm³/mol. The van der Waals surface area contributed by atoms with Gasteiger partial charge in [-0.15, -0.1) is 0 Å². The van der Waals surface area contributed by atoms with Gasteiger partial charge in [-0.1, -0.05) is 12.2 Å². The van der Waals surface area contributed by atoms with Gasteiger partial charge in [-0.3, -0.25) is 4.79 Å². The monoisotopic (exact) mass is 236 g/mol. The van der Waals surface area contributed by atoms with Crippen LogP contribution >= 0.6 is 0 Å². The van der Waals surface area contributed by atoms with Gasteiger partial charge in [0, 0.05) is 19.7 Å². The van der Waals surface area contributed by atoms with Crippen LogP contribution in [0.4, 0.5) is 0 Å². The molecule has 1 heterocycles. The molecule has 0 bridgehead atoms. The summed E-state index contributed by atoms with van der Waals surface area (Å²) in [4.78, 5) is 24.6. The summed E-state index contributed by atoms with van der Waals surface area (Å²) in [5, 5.41) is 2.69. The number of carbonyl (C=O) groups excluding carboxylic acids is 2. The molecule has 0 atom stereocenters. The third kappa shape index (κ3) is 4.55. The normalized spacial score (nSPS) is 10.5. The van der Waals surface area contributed by atoms with Gasteiger partial charge in [-0.25, -0.2) is 4.79 Å². The van der Waals surface area contributed by atoms with E-state index in [1.807, 2.05) is 12.2 Å². The number of ether oxygens (including phenoxy) is 1. The summed E-state index contributed by atoms with van der Waals surface area (Å²) in [6.07, 6.45) is 6.28. The zero-order valence-corrected chi connectivity index (χ0v) is 9.95. The molecule has 0 saturated heterocycles. The van der Waals surface area contributed by atoms with Crippen molar-refractivity contribution in [3.63, 3.8) is 0 Å². The summed E-state index contributed by atoms with van der Waals surface area (Å²) in [6.45, 7) is 2.10. The number of H-pyrrole nitrogens is 1. The molecular weight excluding hydrogens is 220 g/mol. The predicted octanol–water partition coefficient (Wildman–Crippen LogP) is 1.34. The summed E-state index contributed by atoms with van der Waals surface area (Å²) in [5.41, 5.74) is 1.32. The van der Waals surface area contributed by atoms with Crippen molar-refractivity contribution in [2.45, 2.75) is 13.3 Å². The van der Waals surface area contributed by atoms with E-state index in [0.717, 1.165) is 12.0 Å². The fourth-order valence-electron chi connectivity index (χ4n) is 1.29. The highest BCUT2D eigenvalue weighted by Crippen LogP contribution is 2.07. The molecule has 0 saturated carbocycles. The average Bonchev–Trinajstić information content (AvgIpc) is 2.76. The summed E-state index contributed by atoms with van der Waals surface area (Å²) >= 11 is 0. The first-order valence-corrected chi connectivity index (χ1v) is 5.31. The second-order valence-corrected chi connectivity index (χ2v) is 3.51. The van der Waals surface area contributed by atoms with Crippen LogP contribution in [-0.2, 0) is 9.53 Å². The Kier molecular flexibility index (Phi) is 5.00. The van der Waals surface area contributed by atoms with Crippen LogP contribution in [0.2, 0.25) is 0 Å². The first kappa shape index (κ1) is 13.0.